The lowest BCUT2D eigenvalue weighted by Crippen LogP contribution is -2.35. The van der Waals surface area contributed by atoms with Gasteiger partial charge in [0.2, 0.25) is 0 Å². The van der Waals surface area contributed by atoms with Crippen LogP contribution in [0.4, 0.5) is 5.82 Å². The molecule has 0 atom stereocenters. The number of nitrogens with zero attached hydrogens (tertiary/aromatic N) is 2. The molecule has 34 heavy (non-hydrogen) atoms. The molecule has 0 radical (unpaired) electrons. The molecule has 2 aromatic carbocycles. The van der Waals surface area contributed by atoms with Gasteiger partial charge in [-0.05, 0) is 49.1 Å². The number of amides is 1. The first-order chi connectivity index (χ1) is 16.4. The van der Waals surface area contributed by atoms with Crippen molar-refractivity contribution >= 4 is 46.5 Å². The maximum Gasteiger partial charge on any atom is 0.257 e. The molecule has 8 heteroatoms. The predicted molar refractivity (Wildman–Crippen MR) is 135 cm³/mol. The van der Waals surface area contributed by atoms with Crippen LogP contribution in [0.15, 0.2) is 60.8 Å². The minimum atomic E-state index is -0.412. The topological polar surface area (TPSA) is 86.1 Å². The van der Waals surface area contributed by atoms with E-state index in [0.29, 0.717) is 38.4 Å². The Kier molecular flexibility index (Phi) is 7.60. The number of likely N-dealkylation sites (tertiary alicyclic amines) is 1. The lowest BCUT2D eigenvalue weighted by molar-refractivity contribution is 0.0992. The van der Waals surface area contributed by atoms with Crippen LogP contribution in [0.25, 0.3) is 0 Å². The van der Waals surface area contributed by atoms with Gasteiger partial charge in [0.05, 0.1) is 5.02 Å². The fraction of sp³-hybridized carbons (Fsp3) is 0.231. The average molecular weight is 495 g/mol. The summed E-state index contributed by atoms with van der Waals surface area (Å²) in [6.07, 6.45) is 4.89. The number of hydrogen-bond donors (Lipinski definition) is 2. The van der Waals surface area contributed by atoms with Crippen LogP contribution in [-0.4, -0.2) is 40.5 Å². The van der Waals surface area contributed by atoms with Gasteiger partial charge in [-0.1, -0.05) is 53.5 Å². The number of nitrogens with one attached hydrogen (secondary N) is 2. The number of Topliss-reactive ketones (excluding diaryl/α,β-unsaturated/α-hetero) is 1. The van der Waals surface area contributed by atoms with Gasteiger partial charge >= 0.3 is 0 Å². The molecule has 1 aromatic heterocycles. The van der Waals surface area contributed by atoms with Crippen molar-refractivity contribution in [3.05, 3.63) is 93.1 Å². The summed E-state index contributed by atoms with van der Waals surface area (Å²) >= 11 is 12.0. The summed E-state index contributed by atoms with van der Waals surface area (Å²) < 4.78 is 0. The van der Waals surface area contributed by atoms with E-state index in [4.69, 9.17) is 28.6 Å². The molecule has 0 unspecified atom stereocenters. The van der Waals surface area contributed by atoms with Gasteiger partial charge in [-0.3, -0.25) is 15.0 Å². The Morgan fingerprint density at radius 2 is 1.59 bits per heavy atom. The van der Waals surface area contributed by atoms with Crippen molar-refractivity contribution in [1.29, 1.82) is 5.41 Å². The molecular weight excluding hydrogens is 471 g/mol. The van der Waals surface area contributed by atoms with Crippen LogP contribution < -0.4 is 5.32 Å². The molecule has 1 aliphatic heterocycles. The number of amidine groups is 1. The fourth-order valence-corrected chi connectivity index (χ4v) is 4.22. The number of rotatable bonds is 6. The first kappa shape index (κ1) is 23.9. The molecule has 4 rings (SSSR count). The summed E-state index contributed by atoms with van der Waals surface area (Å²) in [5, 5.41) is 12.0. The van der Waals surface area contributed by atoms with E-state index in [2.05, 4.69) is 15.2 Å². The zero-order valence-corrected chi connectivity index (χ0v) is 20.0. The van der Waals surface area contributed by atoms with Gasteiger partial charge in [0.1, 0.15) is 11.7 Å². The maximum absolute atomic E-state index is 13.0. The largest absolute Gasteiger partial charge is 0.357 e. The van der Waals surface area contributed by atoms with Gasteiger partial charge in [-0.2, -0.15) is 0 Å². The third kappa shape index (κ3) is 5.82. The number of pyridine rings is 1. The average Bonchev–Trinajstić information content (AvgIpc) is 2.86. The minimum absolute atomic E-state index is 0.0386. The molecule has 174 valence electrons. The van der Waals surface area contributed by atoms with Crippen molar-refractivity contribution in [2.75, 3.05) is 18.4 Å². The van der Waals surface area contributed by atoms with Crippen molar-refractivity contribution in [3.8, 4) is 0 Å². The molecule has 6 nitrogen and oxygen atoms in total. The lowest BCUT2D eigenvalue weighted by atomic mass is 9.97. The molecule has 1 amide bonds. The molecule has 0 bridgehead atoms. The number of hydrogen-bond acceptors (Lipinski definition) is 4. The highest BCUT2D eigenvalue weighted by molar-refractivity contribution is 6.31. The van der Waals surface area contributed by atoms with Crippen LogP contribution in [0, 0.1) is 5.41 Å². The second-order valence-electron chi connectivity index (χ2n) is 8.19. The van der Waals surface area contributed by atoms with E-state index < -0.39 is 5.91 Å². The summed E-state index contributed by atoms with van der Waals surface area (Å²) in [5.74, 6) is 0.298. The number of aromatic nitrogens is 1. The maximum atomic E-state index is 13.0. The van der Waals surface area contributed by atoms with Gasteiger partial charge in [0, 0.05) is 47.4 Å². The number of benzene rings is 2. The Hall–Kier alpha value is -3.22. The van der Waals surface area contributed by atoms with Crippen LogP contribution in [-0.2, 0) is 6.42 Å². The summed E-state index contributed by atoms with van der Waals surface area (Å²) in [6.45, 7) is 1.79. The summed E-state index contributed by atoms with van der Waals surface area (Å²) in [6, 6.07) is 15.2. The van der Waals surface area contributed by atoms with Crippen LogP contribution in [0.1, 0.15) is 51.1 Å². The molecule has 0 saturated carbocycles. The van der Waals surface area contributed by atoms with Crippen molar-refractivity contribution in [2.24, 2.45) is 0 Å². The van der Waals surface area contributed by atoms with E-state index in [1.54, 1.807) is 42.5 Å². The zero-order chi connectivity index (χ0) is 24.1. The third-order valence-electron chi connectivity index (χ3n) is 5.79. The highest BCUT2D eigenvalue weighted by Gasteiger charge is 2.18. The molecular formula is C26H24Cl2N4O2. The monoisotopic (exact) mass is 494 g/mol. The smallest absolute Gasteiger partial charge is 0.257 e. The predicted octanol–water partition coefficient (Wildman–Crippen LogP) is 5.88. The summed E-state index contributed by atoms with van der Waals surface area (Å²) in [4.78, 5) is 32.0. The lowest BCUT2D eigenvalue weighted by Gasteiger charge is -2.29. The Balaban J connectivity index is 1.47. The number of carbonyl (C=O) groups excluding carboxylic acids is 2. The van der Waals surface area contributed by atoms with Crippen molar-refractivity contribution in [2.45, 2.75) is 25.7 Å². The quantitative estimate of drug-likeness (QED) is 0.254. The molecule has 1 saturated heterocycles. The first-order valence-corrected chi connectivity index (χ1v) is 11.8. The van der Waals surface area contributed by atoms with E-state index in [1.165, 1.54) is 12.6 Å². The SMILES string of the molecule is N=C(c1ccc(C(=O)Cc2ccc(Cl)cc2C(=O)Nc2ccc(Cl)cn2)cc1)N1CCCCC1. The Morgan fingerprint density at radius 1 is 0.912 bits per heavy atom. The van der Waals surface area contributed by atoms with Crippen molar-refractivity contribution in [3.63, 3.8) is 0 Å². The second kappa shape index (κ2) is 10.8. The molecule has 1 aliphatic rings. The van der Waals surface area contributed by atoms with Crippen LogP contribution in [0.3, 0.4) is 0 Å². The number of halogens is 2. The molecule has 2 N–H and O–H groups in total. The molecule has 2 heterocycles. The van der Waals surface area contributed by atoms with Crippen LogP contribution >= 0.6 is 23.2 Å². The van der Waals surface area contributed by atoms with E-state index in [0.717, 1.165) is 31.5 Å². The van der Waals surface area contributed by atoms with Crippen molar-refractivity contribution < 1.29 is 9.59 Å². The molecule has 1 fully saturated rings. The van der Waals surface area contributed by atoms with Crippen LogP contribution in [0.2, 0.25) is 10.0 Å². The summed E-state index contributed by atoms with van der Waals surface area (Å²) in [5.41, 5.74) is 2.18. The van der Waals surface area contributed by atoms with E-state index >= 15 is 0 Å². The van der Waals surface area contributed by atoms with E-state index in [9.17, 15) is 9.59 Å². The zero-order valence-electron chi connectivity index (χ0n) is 18.5. The van der Waals surface area contributed by atoms with Gasteiger partial charge in [0.25, 0.3) is 5.91 Å². The fourth-order valence-electron chi connectivity index (χ4n) is 3.94. The minimum Gasteiger partial charge on any atom is -0.357 e. The van der Waals surface area contributed by atoms with Crippen LogP contribution in [0.5, 0.6) is 0 Å². The number of piperidine rings is 1. The third-order valence-corrected chi connectivity index (χ3v) is 6.25. The molecule has 3 aromatic rings. The van der Waals surface area contributed by atoms with Gasteiger partial charge in [-0.15, -0.1) is 0 Å². The van der Waals surface area contributed by atoms with E-state index in [-0.39, 0.29) is 12.2 Å². The summed E-state index contributed by atoms with van der Waals surface area (Å²) in [7, 11) is 0. The second-order valence-corrected chi connectivity index (χ2v) is 9.06. The Morgan fingerprint density at radius 3 is 2.26 bits per heavy atom. The Bertz CT molecular complexity index is 1200. The first-order valence-electron chi connectivity index (χ1n) is 11.1. The van der Waals surface area contributed by atoms with Gasteiger partial charge in [-0.25, -0.2) is 4.98 Å². The van der Waals surface area contributed by atoms with Gasteiger partial charge in [0.15, 0.2) is 5.78 Å². The normalized spacial score (nSPS) is 13.4. The highest BCUT2D eigenvalue weighted by Crippen LogP contribution is 2.21. The molecule has 0 spiro atoms. The van der Waals surface area contributed by atoms with E-state index in [1.807, 2.05) is 12.1 Å². The number of carbonyl (C=O) groups is 2. The number of anilines is 1. The Labute approximate surface area is 208 Å². The van der Waals surface area contributed by atoms with Gasteiger partial charge < -0.3 is 10.2 Å². The van der Waals surface area contributed by atoms with Crippen molar-refractivity contribution in [1.82, 2.24) is 9.88 Å². The molecule has 0 aliphatic carbocycles. The highest BCUT2D eigenvalue weighted by atomic mass is 35.5. The number of ketones is 1. The standard InChI is InChI=1S/C26H24Cl2N4O2/c27-20-9-8-19(22(15-20)26(34)31-24-11-10-21(28)16-30-24)14-23(33)17-4-6-18(7-5-17)25(29)32-12-2-1-3-13-32/h4-11,15-16,29H,1-3,12-14H2,(H,30,31,34).